The van der Waals surface area contributed by atoms with Gasteiger partial charge in [-0.3, -0.25) is 4.18 Å². The molecule has 1 rings (SSSR count). The third-order valence-corrected chi connectivity index (χ3v) is 4.46. The van der Waals surface area contributed by atoms with Gasteiger partial charge in [0.2, 0.25) is 10.4 Å². The molecule has 0 aromatic rings. The predicted octanol–water partition coefficient (Wildman–Crippen LogP) is 2.38. The van der Waals surface area contributed by atoms with Crippen LogP contribution in [0, 0.1) is 0 Å². The van der Waals surface area contributed by atoms with Crippen molar-refractivity contribution in [2.24, 2.45) is 0 Å². The Hall–Kier alpha value is -0.290. The Morgan fingerprint density at radius 2 is 1.73 bits per heavy atom. The average molecular weight is 398 g/mol. The summed E-state index contributed by atoms with van der Waals surface area (Å²) in [6.07, 6.45) is 8.59. The van der Waals surface area contributed by atoms with E-state index >= 15 is 0 Å². The summed E-state index contributed by atoms with van der Waals surface area (Å²) in [6.45, 7) is 5.33. The minimum Gasteiger partial charge on any atom is -0.726 e. The van der Waals surface area contributed by atoms with Crippen molar-refractivity contribution < 1.29 is 36.1 Å². The molecular formula is C17H33O8S-. The Morgan fingerprint density at radius 1 is 1.04 bits per heavy atom. The number of rotatable bonds is 16. The molecule has 2 atom stereocenters. The van der Waals surface area contributed by atoms with Crippen molar-refractivity contribution in [3.8, 4) is 0 Å². The molecule has 2 unspecified atom stereocenters. The average Bonchev–Trinajstić information content (AvgIpc) is 2.93. The van der Waals surface area contributed by atoms with E-state index in [1.165, 1.54) is 38.5 Å². The van der Waals surface area contributed by atoms with E-state index in [1.54, 1.807) is 6.92 Å². The lowest BCUT2D eigenvalue weighted by atomic mass is 10.1. The Kier molecular flexibility index (Phi) is 11.9. The number of ether oxygens (including phenoxy) is 4. The van der Waals surface area contributed by atoms with Crippen molar-refractivity contribution in [1.82, 2.24) is 0 Å². The van der Waals surface area contributed by atoms with Crippen molar-refractivity contribution in [3.05, 3.63) is 0 Å². The molecule has 0 radical (unpaired) electrons. The highest BCUT2D eigenvalue weighted by atomic mass is 32.3. The number of hydrogen-bond acceptors (Lipinski definition) is 8. The standard InChI is InChI=1S/C17H34O8S/c1-3-4-5-6-7-8-9-10-21-13-16-14-23-17(2,25-16)15-22-11-12-24-26(18,19)20/h16H,3-15H2,1-2H3,(H,18,19,20)/p-1. The molecule has 1 aliphatic heterocycles. The lowest BCUT2D eigenvalue weighted by Gasteiger charge is -2.23. The Balaban J connectivity index is 1.99. The first kappa shape index (κ1) is 23.7. The molecule has 0 bridgehead atoms. The van der Waals surface area contributed by atoms with E-state index in [2.05, 4.69) is 11.1 Å². The van der Waals surface area contributed by atoms with Crippen molar-refractivity contribution in [1.29, 1.82) is 0 Å². The largest absolute Gasteiger partial charge is 0.726 e. The van der Waals surface area contributed by atoms with E-state index in [0.717, 1.165) is 13.0 Å². The fourth-order valence-electron chi connectivity index (χ4n) is 2.68. The Bertz CT molecular complexity index is 456. The van der Waals surface area contributed by atoms with Crippen LogP contribution in [0.25, 0.3) is 0 Å². The van der Waals surface area contributed by atoms with Crippen molar-refractivity contribution >= 4 is 10.4 Å². The maximum atomic E-state index is 10.3. The first-order valence-corrected chi connectivity index (χ1v) is 10.8. The van der Waals surface area contributed by atoms with Crippen molar-refractivity contribution in [2.75, 3.05) is 39.6 Å². The Labute approximate surface area is 157 Å². The second-order valence-electron chi connectivity index (χ2n) is 6.66. The molecule has 156 valence electrons. The van der Waals surface area contributed by atoms with Gasteiger partial charge in [-0.05, 0) is 13.3 Å². The first-order chi connectivity index (χ1) is 12.3. The zero-order valence-electron chi connectivity index (χ0n) is 15.9. The predicted molar refractivity (Wildman–Crippen MR) is 94.5 cm³/mol. The summed E-state index contributed by atoms with van der Waals surface area (Å²) in [6, 6.07) is 0. The van der Waals surface area contributed by atoms with Crippen molar-refractivity contribution in [2.45, 2.75) is 70.7 Å². The first-order valence-electron chi connectivity index (χ1n) is 9.42. The van der Waals surface area contributed by atoms with Gasteiger partial charge < -0.3 is 23.5 Å². The molecule has 0 amide bonds. The van der Waals surface area contributed by atoms with Gasteiger partial charge in [-0.15, -0.1) is 0 Å². The maximum absolute atomic E-state index is 10.3. The topological polar surface area (TPSA) is 103 Å². The molecule has 1 aliphatic rings. The van der Waals surface area contributed by atoms with Crippen LogP contribution in [-0.4, -0.2) is 64.5 Å². The van der Waals surface area contributed by atoms with Gasteiger partial charge in [0.05, 0.1) is 26.4 Å². The molecule has 1 saturated heterocycles. The monoisotopic (exact) mass is 397 g/mol. The highest BCUT2D eigenvalue weighted by molar-refractivity contribution is 7.80. The van der Waals surface area contributed by atoms with Gasteiger partial charge in [0.15, 0.2) is 5.79 Å². The van der Waals surface area contributed by atoms with Crippen LogP contribution in [0.1, 0.15) is 58.8 Å². The Morgan fingerprint density at radius 3 is 2.42 bits per heavy atom. The van der Waals surface area contributed by atoms with Gasteiger partial charge in [-0.25, -0.2) is 8.42 Å². The second-order valence-corrected chi connectivity index (χ2v) is 7.72. The van der Waals surface area contributed by atoms with Gasteiger partial charge in [0, 0.05) is 6.61 Å². The third kappa shape index (κ3) is 12.2. The third-order valence-electron chi connectivity index (χ3n) is 4.01. The number of hydrogen-bond donors (Lipinski definition) is 0. The quantitative estimate of drug-likeness (QED) is 0.222. The molecule has 1 heterocycles. The van der Waals surface area contributed by atoms with Gasteiger partial charge in [-0.1, -0.05) is 45.4 Å². The van der Waals surface area contributed by atoms with Gasteiger partial charge in [0.1, 0.15) is 12.7 Å². The normalized spacial score (nSPS) is 23.6. The minimum absolute atomic E-state index is 0.0385. The smallest absolute Gasteiger partial charge is 0.217 e. The molecule has 0 aliphatic carbocycles. The SMILES string of the molecule is CCCCCCCCCOCC1COC(C)(COCCOS(=O)(=O)[O-])O1. The lowest BCUT2D eigenvalue weighted by molar-refractivity contribution is -0.194. The van der Waals surface area contributed by atoms with Crippen LogP contribution < -0.4 is 0 Å². The van der Waals surface area contributed by atoms with Crippen LogP contribution in [0.4, 0.5) is 0 Å². The summed E-state index contributed by atoms with van der Waals surface area (Å²) in [4.78, 5) is 0. The van der Waals surface area contributed by atoms with E-state index in [1.807, 2.05) is 0 Å². The van der Waals surface area contributed by atoms with Crippen LogP contribution in [-0.2, 0) is 33.5 Å². The van der Waals surface area contributed by atoms with E-state index in [-0.39, 0.29) is 25.9 Å². The molecule has 9 heteroatoms. The zero-order valence-corrected chi connectivity index (χ0v) is 16.8. The van der Waals surface area contributed by atoms with E-state index < -0.39 is 16.2 Å². The van der Waals surface area contributed by atoms with Crippen LogP contribution in [0.5, 0.6) is 0 Å². The molecule has 0 saturated carbocycles. The number of unbranched alkanes of at least 4 members (excludes halogenated alkanes) is 6. The summed E-state index contributed by atoms with van der Waals surface area (Å²) in [7, 11) is -4.68. The molecule has 1 fully saturated rings. The molecule has 0 aromatic heterocycles. The highest BCUT2D eigenvalue weighted by Gasteiger charge is 2.37. The van der Waals surface area contributed by atoms with Crippen LogP contribution in [0.2, 0.25) is 0 Å². The summed E-state index contributed by atoms with van der Waals surface area (Å²) < 4.78 is 57.2. The lowest BCUT2D eigenvalue weighted by Crippen LogP contribution is -2.34. The van der Waals surface area contributed by atoms with E-state index in [4.69, 9.17) is 18.9 Å². The molecular weight excluding hydrogens is 364 g/mol. The summed E-state index contributed by atoms with van der Waals surface area (Å²) in [5.74, 6) is -0.899. The molecule has 8 nitrogen and oxygen atoms in total. The van der Waals surface area contributed by atoms with Crippen LogP contribution in [0.3, 0.4) is 0 Å². The van der Waals surface area contributed by atoms with E-state index in [0.29, 0.717) is 13.2 Å². The minimum atomic E-state index is -4.68. The highest BCUT2D eigenvalue weighted by Crippen LogP contribution is 2.24. The fourth-order valence-corrected chi connectivity index (χ4v) is 2.95. The van der Waals surface area contributed by atoms with Crippen LogP contribution in [0.15, 0.2) is 0 Å². The second kappa shape index (κ2) is 13.0. The molecule has 0 N–H and O–H groups in total. The summed E-state index contributed by atoms with van der Waals surface area (Å²) in [5.41, 5.74) is 0. The zero-order chi connectivity index (χ0) is 19.3. The van der Waals surface area contributed by atoms with Gasteiger partial charge in [0.25, 0.3) is 0 Å². The molecule has 26 heavy (non-hydrogen) atoms. The molecule has 0 aromatic carbocycles. The van der Waals surface area contributed by atoms with Gasteiger partial charge >= 0.3 is 0 Å². The fraction of sp³-hybridized carbons (Fsp3) is 1.00. The molecule has 0 spiro atoms. The van der Waals surface area contributed by atoms with Crippen molar-refractivity contribution in [3.63, 3.8) is 0 Å². The maximum Gasteiger partial charge on any atom is 0.217 e. The summed E-state index contributed by atoms with van der Waals surface area (Å²) >= 11 is 0. The van der Waals surface area contributed by atoms with Crippen LogP contribution >= 0.6 is 0 Å². The van der Waals surface area contributed by atoms with E-state index in [9.17, 15) is 13.0 Å². The van der Waals surface area contributed by atoms with Gasteiger partial charge in [-0.2, -0.15) is 0 Å². The summed E-state index contributed by atoms with van der Waals surface area (Å²) in [5, 5.41) is 0.